The topological polar surface area (TPSA) is 86.8 Å². The van der Waals surface area contributed by atoms with E-state index in [2.05, 4.69) is 5.32 Å². The van der Waals surface area contributed by atoms with Gasteiger partial charge >= 0.3 is 0 Å². The summed E-state index contributed by atoms with van der Waals surface area (Å²) in [4.78, 5) is 28.9. The number of sulfonamides is 1. The van der Waals surface area contributed by atoms with Crippen LogP contribution in [0.5, 0.6) is 0 Å². The van der Waals surface area contributed by atoms with Crippen LogP contribution in [0.2, 0.25) is 10.0 Å². The van der Waals surface area contributed by atoms with Gasteiger partial charge in [-0.15, -0.1) is 0 Å². The molecule has 0 bridgehead atoms. The van der Waals surface area contributed by atoms with Crippen LogP contribution in [0.25, 0.3) is 0 Å². The Bertz CT molecular complexity index is 1470. The zero-order valence-corrected chi connectivity index (χ0v) is 26.4. The molecule has 0 radical (unpaired) electrons. The van der Waals surface area contributed by atoms with Crippen molar-refractivity contribution < 1.29 is 18.0 Å². The Morgan fingerprint density at radius 2 is 1.51 bits per heavy atom. The maximum atomic E-state index is 14.2. The van der Waals surface area contributed by atoms with Crippen LogP contribution < -0.4 is 9.62 Å². The molecule has 0 aromatic heterocycles. The van der Waals surface area contributed by atoms with Crippen molar-refractivity contribution in [3.8, 4) is 0 Å². The number of rotatable bonds is 12. The second kappa shape index (κ2) is 14.2. The molecule has 0 saturated heterocycles. The largest absolute Gasteiger partial charge is 0.354 e. The van der Waals surface area contributed by atoms with Crippen molar-refractivity contribution in [1.29, 1.82) is 0 Å². The highest BCUT2D eigenvalue weighted by Crippen LogP contribution is 2.30. The van der Waals surface area contributed by atoms with Gasteiger partial charge < -0.3 is 10.2 Å². The van der Waals surface area contributed by atoms with E-state index in [-0.39, 0.29) is 17.3 Å². The first kappa shape index (κ1) is 32.4. The first-order valence-corrected chi connectivity index (χ1v) is 15.8. The molecule has 220 valence electrons. The van der Waals surface area contributed by atoms with Crippen molar-refractivity contribution in [3.05, 3.63) is 93.0 Å². The first-order valence-electron chi connectivity index (χ1n) is 13.6. The molecule has 41 heavy (non-hydrogen) atoms. The van der Waals surface area contributed by atoms with Crippen molar-refractivity contribution in [2.24, 2.45) is 0 Å². The molecule has 0 aliphatic carbocycles. The average molecular weight is 619 g/mol. The molecule has 2 amide bonds. The van der Waals surface area contributed by atoms with Crippen LogP contribution in [0.15, 0.2) is 65.6 Å². The number of carbonyl (C=O) groups is 2. The number of halogens is 2. The van der Waals surface area contributed by atoms with E-state index in [9.17, 15) is 18.0 Å². The number of aryl methyl sites for hydroxylation is 3. The summed E-state index contributed by atoms with van der Waals surface area (Å²) in [5.74, 6) is -0.888. The Morgan fingerprint density at radius 1 is 0.902 bits per heavy atom. The quantitative estimate of drug-likeness (QED) is 0.253. The standard InChI is InChI=1S/C31H37Cl2N3O4S/c1-6-17-34-31(38)28(7-2)35(19-25-26(32)9-8-10-27(25)33)30(37)20-36(29-16-13-22(4)18-23(29)5)41(39,40)24-14-11-21(3)12-15-24/h8-16,18,28H,6-7,17,19-20H2,1-5H3,(H,34,38). The van der Waals surface area contributed by atoms with Crippen molar-refractivity contribution >= 4 is 50.7 Å². The van der Waals surface area contributed by atoms with Crippen LogP contribution in [0, 0.1) is 20.8 Å². The Labute approximate surface area is 253 Å². The third-order valence-corrected chi connectivity index (χ3v) is 9.32. The van der Waals surface area contributed by atoms with Gasteiger partial charge in [-0.2, -0.15) is 0 Å². The summed E-state index contributed by atoms with van der Waals surface area (Å²) in [5, 5.41) is 3.55. The molecule has 0 heterocycles. The van der Waals surface area contributed by atoms with Gasteiger partial charge in [-0.1, -0.05) is 78.5 Å². The molecule has 3 aromatic rings. The minimum atomic E-state index is -4.16. The van der Waals surface area contributed by atoms with Gasteiger partial charge in [0.1, 0.15) is 12.6 Å². The van der Waals surface area contributed by atoms with Crippen molar-refractivity contribution in [3.63, 3.8) is 0 Å². The Kier molecular flexibility index (Phi) is 11.2. The highest BCUT2D eigenvalue weighted by atomic mass is 35.5. The van der Waals surface area contributed by atoms with Crippen molar-refractivity contribution in [2.45, 2.75) is 64.9 Å². The smallest absolute Gasteiger partial charge is 0.264 e. The van der Waals surface area contributed by atoms with Gasteiger partial charge in [0.25, 0.3) is 10.0 Å². The molecular weight excluding hydrogens is 581 g/mol. The molecular formula is C31H37Cl2N3O4S. The third kappa shape index (κ3) is 7.82. The molecule has 3 rings (SSSR count). The van der Waals surface area contributed by atoms with Crippen molar-refractivity contribution in [2.75, 3.05) is 17.4 Å². The number of carbonyl (C=O) groups excluding carboxylic acids is 2. The maximum absolute atomic E-state index is 14.2. The highest BCUT2D eigenvalue weighted by molar-refractivity contribution is 7.92. The Hall–Kier alpha value is -3.07. The maximum Gasteiger partial charge on any atom is 0.264 e. The van der Waals surface area contributed by atoms with E-state index in [0.717, 1.165) is 21.9 Å². The van der Waals surface area contributed by atoms with Gasteiger partial charge in [0.2, 0.25) is 11.8 Å². The van der Waals surface area contributed by atoms with E-state index in [1.54, 1.807) is 56.3 Å². The molecule has 1 unspecified atom stereocenters. The SMILES string of the molecule is CCCNC(=O)C(CC)N(Cc1c(Cl)cccc1Cl)C(=O)CN(c1ccc(C)cc1C)S(=O)(=O)c1ccc(C)cc1. The molecule has 0 spiro atoms. The van der Waals surface area contributed by atoms with Gasteiger partial charge in [0, 0.05) is 28.7 Å². The molecule has 0 aliphatic heterocycles. The molecule has 1 atom stereocenters. The summed E-state index contributed by atoms with van der Waals surface area (Å²) in [6.07, 6.45) is 1.03. The van der Waals surface area contributed by atoms with E-state index in [4.69, 9.17) is 23.2 Å². The minimum Gasteiger partial charge on any atom is -0.354 e. The number of amides is 2. The second-order valence-corrected chi connectivity index (χ2v) is 12.7. The number of hydrogen-bond acceptors (Lipinski definition) is 4. The minimum absolute atomic E-state index is 0.0595. The summed E-state index contributed by atoms with van der Waals surface area (Å²) in [6.45, 7) is 9.17. The molecule has 1 N–H and O–H groups in total. The van der Waals surface area contributed by atoms with Gasteiger partial charge in [-0.25, -0.2) is 8.42 Å². The van der Waals surface area contributed by atoms with Crippen LogP contribution in [0.4, 0.5) is 5.69 Å². The summed E-state index contributed by atoms with van der Waals surface area (Å²) in [6, 6.07) is 16.0. The Morgan fingerprint density at radius 3 is 2.07 bits per heavy atom. The second-order valence-electron chi connectivity index (χ2n) is 10.1. The van der Waals surface area contributed by atoms with Gasteiger partial charge in [-0.05, 0) is 69.5 Å². The van der Waals surface area contributed by atoms with E-state index in [1.807, 2.05) is 26.8 Å². The number of anilines is 1. The fourth-order valence-electron chi connectivity index (χ4n) is 4.58. The van der Waals surface area contributed by atoms with Gasteiger partial charge in [0.15, 0.2) is 0 Å². The predicted octanol–water partition coefficient (Wildman–Crippen LogP) is 6.45. The summed E-state index contributed by atoms with van der Waals surface area (Å²) in [5.41, 5.74) is 3.42. The number of benzene rings is 3. The lowest BCUT2D eigenvalue weighted by Gasteiger charge is -2.34. The lowest BCUT2D eigenvalue weighted by atomic mass is 10.1. The molecule has 10 heteroatoms. The normalized spacial score (nSPS) is 12.1. The molecule has 0 aliphatic rings. The highest BCUT2D eigenvalue weighted by Gasteiger charge is 2.34. The van der Waals surface area contributed by atoms with E-state index in [1.165, 1.54) is 17.0 Å². The fourth-order valence-corrected chi connectivity index (χ4v) is 6.57. The number of nitrogens with zero attached hydrogens (tertiary/aromatic N) is 2. The summed E-state index contributed by atoms with van der Waals surface area (Å²) < 4.78 is 29.2. The average Bonchev–Trinajstić information content (AvgIpc) is 2.92. The lowest BCUT2D eigenvalue weighted by molar-refractivity contribution is -0.140. The summed E-state index contributed by atoms with van der Waals surface area (Å²) >= 11 is 12.9. The van der Waals surface area contributed by atoms with Crippen LogP contribution in [-0.4, -0.2) is 44.3 Å². The van der Waals surface area contributed by atoms with Gasteiger partial charge in [-0.3, -0.25) is 13.9 Å². The fraction of sp³-hybridized carbons (Fsp3) is 0.355. The third-order valence-electron chi connectivity index (χ3n) is 6.83. The zero-order chi connectivity index (χ0) is 30.3. The van der Waals surface area contributed by atoms with Crippen LogP contribution in [0.3, 0.4) is 0 Å². The molecule has 0 fully saturated rings. The van der Waals surface area contributed by atoms with Gasteiger partial charge in [0.05, 0.1) is 10.6 Å². The van der Waals surface area contributed by atoms with Crippen LogP contribution in [-0.2, 0) is 26.2 Å². The molecule has 3 aromatic carbocycles. The van der Waals surface area contributed by atoms with Crippen LogP contribution in [0.1, 0.15) is 48.9 Å². The van der Waals surface area contributed by atoms with E-state index >= 15 is 0 Å². The lowest BCUT2D eigenvalue weighted by Crippen LogP contribution is -2.52. The molecule has 0 saturated carbocycles. The number of nitrogens with one attached hydrogen (secondary N) is 1. The Balaban J connectivity index is 2.12. The molecule has 7 nitrogen and oxygen atoms in total. The van der Waals surface area contributed by atoms with Crippen LogP contribution >= 0.6 is 23.2 Å². The van der Waals surface area contributed by atoms with E-state index < -0.39 is 28.5 Å². The number of hydrogen-bond donors (Lipinski definition) is 1. The van der Waals surface area contributed by atoms with E-state index in [0.29, 0.717) is 39.8 Å². The summed E-state index contributed by atoms with van der Waals surface area (Å²) in [7, 11) is -4.16. The predicted molar refractivity (Wildman–Crippen MR) is 166 cm³/mol. The first-order chi connectivity index (χ1) is 19.4. The van der Waals surface area contributed by atoms with Crippen molar-refractivity contribution in [1.82, 2.24) is 10.2 Å². The zero-order valence-electron chi connectivity index (χ0n) is 24.1. The monoisotopic (exact) mass is 617 g/mol.